The molecule has 4 heteroatoms. The van der Waals surface area contributed by atoms with Gasteiger partial charge in [0, 0.05) is 5.41 Å². The van der Waals surface area contributed by atoms with Crippen LogP contribution in [0.3, 0.4) is 0 Å². The van der Waals surface area contributed by atoms with E-state index in [4.69, 9.17) is 4.74 Å². The van der Waals surface area contributed by atoms with Crippen molar-refractivity contribution >= 4 is 11.8 Å². The lowest BCUT2D eigenvalue weighted by molar-refractivity contribution is -0.174. The van der Waals surface area contributed by atoms with Crippen LogP contribution in [0.15, 0.2) is 0 Å². The predicted molar refractivity (Wildman–Crippen MR) is 70.4 cm³/mol. The van der Waals surface area contributed by atoms with E-state index in [0.717, 1.165) is 12.8 Å². The van der Waals surface area contributed by atoms with Gasteiger partial charge in [-0.2, -0.15) is 0 Å². The molecule has 4 atom stereocenters. The van der Waals surface area contributed by atoms with E-state index in [-0.39, 0.29) is 23.7 Å². The molecule has 4 nitrogen and oxygen atoms in total. The van der Waals surface area contributed by atoms with Gasteiger partial charge in [0.25, 0.3) is 0 Å². The van der Waals surface area contributed by atoms with E-state index in [0.29, 0.717) is 0 Å². The van der Waals surface area contributed by atoms with Crippen molar-refractivity contribution in [1.29, 1.82) is 0 Å². The van der Waals surface area contributed by atoms with Gasteiger partial charge in [-0.05, 0) is 38.0 Å². The lowest BCUT2D eigenvalue weighted by atomic mass is 9.70. The third-order valence-electron chi connectivity index (χ3n) is 5.83. The molecule has 2 bridgehead atoms. The lowest BCUT2D eigenvalue weighted by Gasteiger charge is -2.34. The van der Waals surface area contributed by atoms with E-state index >= 15 is 0 Å². The molecule has 2 rings (SSSR count). The first-order valence-corrected chi connectivity index (χ1v) is 7.04. The molecule has 0 aromatic rings. The average Bonchev–Trinajstić information content (AvgIpc) is 2.61. The fourth-order valence-electron chi connectivity index (χ4n) is 4.14. The van der Waals surface area contributed by atoms with Crippen molar-refractivity contribution in [2.75, 3.05) is 6.61 Å². The van der Waals surface area contributed by atoms with E-state index in [1.807, 2.05) is 6.92 Å². The minimum Gasteiger partial charge on any atom is -0.464 e. The Morgan fingerprint density at radius 3 is 2.47 bits per heavy atom. The highest BCUT2D eigenvalue weighted by Crippen LogP contribution is 2.67. The van der Waals surface area contributed by atoms with Crippen LogP contribution in [-0.2, 0) is 14.3 Å². The molecule has 1 N–H and O–H groups in total. The van der Waals surface area contributed by atoms with Crippen molar-refractivity contribution in [3.63, 3.8) is 0 Å². The van der Waals surface area contributed by atoms with Gasteiger partial charge < -0.3 is 9.84 Å². The zero-order valence-electron chi connectivity index (χ0n) is 12.4. The Morgan fingerprint density at radius 1 is 1.47 bits per heavy atom. The lowest BCUT2D eigenvalue weighted by Crippen LogP contribution is -2.51. The number of rotatable bonds is 3. The summed E-state index contributed by atoms with van der Waals surface area (Å²) in [6.45, 7) is 9.45. The summed E-state index contributed by atoms with van der Waals surface area (Å²) < 4.78 is 4.94. The van der Waals surface area contributed by atoms with Crippen LogP contribution in [0, 0.1) is 22.7 Å². The molecule has 0 amide bonds. The number of ether oxygens (including phenoxy) is 1. The largest absolute Gasteiger partial charge is 0.464 e. The van der Waals surface area contributed by atoms with Gasteiger partial charge in [0.1, 0.15) is 5.78 Å². The van der Waals surface area contributed by atoms with Crippen molar-refractivity contribution in [1.82, 2.24) is 0 Å². The van der Waals surface area contributed by atoms with Crippen molar-refractivity contribution in [3.8, 4) is 0 Å². The summed E-state index contributed by atoms with van der Waals surface area (Å²) in [5.74, 6) is -1.25. The van der Waals surface area contributed by atoms with Crippen molar-refractivity contribution in [2.45, 2.75) is 53.1 Å². The van der Waals surface area contributed by atoms with Gasteiger partial charge in [-0.25, -0.2) is 4.79 Å². The molecule has 0 radical (unpaired) electrons. The molecule has 2 fully saturated rings. The van der Waals surface area contributed by atoms with E-state index < -0.39 is 22.9 Å². The number of carbonyl (C=O) groups excluding carboxylic acids is 2. The van der Waals surface area contributed by atoms with Gasteiger partial charge in [0.15, 0.2) is 5.60 Å². The number of hydrogen-bond acceptors (Lipinski definition) is 4. The zero-order valence-corrected chi connectivity index (χ0v) is 12.4. The van der Waals surface area contributed by atoms with Crippen LogP contribution in [0.2, 0.25) is 0 Å². The number of aliphatic hydroxyl groups is 1. The number of esters is 1. The summed E-state index contributed by atoms with van der Waals surface area (Å²) in [5, 5.41) is 10.6. The molecule has 108 valence electrons. The monoisotopic (exact) mass is 268 g/mol. The van der Waals surface area contributed by atoms with Gasteiger partial charge in [0.2, 0.25) is 0 Å². The molecule has 2 saturated carbocycles. The third kappa shape index (κ3) is 1.62. The number of carbonyl (C=O) groups is 2. The van der Waals surface area contributed by atoms with Crippen molar-refractivity contribution in [3.05, 3.63) is 0 Å². The SMILES string of the molecule is CCOC(=O)C(C)(O)C1C(=O)[C@]2(C)CC[C@H]1C2(C)C. The first kappa shape index (κ1) is 14.5. The van der Waals surface area contributed by atoms with Crippen LogP contribution in [0.4, 0.5) is 0 Å². The molecule has 2 aliphatic carbocycles. The maximum Gasteiger partial charge on any atom is 0.338 e. The van der Waals surface area contributed by atoms with Crippen LogP contribution in [-0.4, -0.2) is 29.1 Å². The maximum absolute atomic E-state index is 12.7. The topological polar surface area (TPSA) is 63.6 Å². The Labute approximate surface area is 114 Å². The summed E-state index contributed by atoms with van der Waals surface area (Å²) in [4.78, 5) is 24.7. The standard InChI is InChI=1S/C15H24O4/c1-6-19-12(17)15(5,18)10-9-7-8-14(4,11(10)16)13(9,2)3/h9-10,18H,6-8H2,1-5H3/t9-,10?,14+,15?/m1/s1. The van der Waals surface area contributed by atoms with Gasteiger partial charge in [0.05, 0.1) is 12.5 Å². The highest BCUT2D eigenvalue weighted by atomic mass is 16.5. The Balaban J connectivity index is 2.38. The molecule has 0 aromatic heterocycles. The Bertz CT molecular complexity index is 424. The Hall–Kier alpha value is -0.900. The molecule has 2 unspecified atom stereocenters. The average molecular weight is 268 g/mol. The summed E-state index contributed by atoms with van der Waals surface area (Å²) >= 11 is 0. The van der Waals surface area contributed by atoms with E-state index in [9.17, 15) is 14.7 Å². The van der Waals surface area contributed by atoms with Crippen molar-refractivity contribution < 1.29 is 19.4 Å². The number of fused-ring (bicyclic) bond motifs is 2. The van der Waals surface area contributed by atoms with Gasteiger partial charge >= 0.3 is 5.97 Å². The summed E-state index contributed by atoms with van der Waals surface area (Å²) in [5.41, 5.74) is -2.32. The number of ketones is 1. The van der Waals surface area contributed by atoms with Crippen LogP contribution in [0.5, 0.6) is 0 Å². The molecular weight excluding hydrogens is 244 g/mol. The molecule has 0 aliphatic heterocycles. The molecule has 0 heterocycles. The van der Waals surface area contributed by atoms with Crippen LogP contribution in [0.1, 0.15) is 47.5 Å². The van der Waals surface area contributed by atoms with Gasteiger partial charge in [-0.1, -0.05) is 20.8 Å². The van der Waals surface area contributed by atoms with Crippen molar-refractivity contribution in [2.24, 2.45) is 22.7 Å². The number of hydrogen-bond donors (Lipinski definition) is 1. The minimum atomic E-state index is -1.72. The molecule has 0 aromatic carbocycles. The molecule has 0 saturated heterocycles. The molecule has 19 heavy (non-hydrogen) atoms. The second-order valence-electron chi connectivity index (χ2n) is 6.91. The quantitative estimate of drug-likeness (QED) is 0.795. The van der Waals surface area contributed by atoms with Gasteiger partial charge in [-0.3, -0.25) is 4.79 Å². The van der Waals surface area contributed by atoms with Crippen LogP contribution >= 0.6 is 0 Å². The van der Waals surface area contributed by atoms with E-state index in [2.05, 4.69) is 13.8 Å². The maximum atomic E-state index is 12.7. The van der Waals surface area contributed by atoms with Gasteiger partial charge in [-0.15, -0.1) is 0 Å². The Kier molecular flexibility index (Phi) is 3.09. The summed E-state index contributed by atoms with van der Waals surface area (Å²) in [6, 6.07) is 0. The molecule has 0 spiro atoms. The first-order valence-electron chi connectivity index (χ1n) is 7.04. The van der Waals surface area contributed by atoms with Crippen LogP contribution in [0.25, 0.3) is 0 Å². The zero-order chi connectivity index (χ0) is 14.6. The fraction of sp³-hybridized carbons (Fsp3) is 0.867. The summed E-state index contributed by atoms with van der Waals surface area (Å²) in [7, 11) is 0. The highest BCUT2D eigenvalue weighted by molar-refractivity contribution is 5.97. The van der Waals surface area contributed by atoms with E-state index in [1.54, 1.807) is 6.92 Å². The Morgan fingerprint density at radius 2 is 2.05 bits per heavy atom. The second kappa shape index (κ2) is 4.05. The number of Topliss-reactive ketones (excluding diaryl/α,β-unsaturated/α-hetero) is 1. The third-order valence-corrected chi connectivity index (χ3v) is 5.83. The summed E-state index contributed by atoms with van der Waals surface area (Å²) in [6.07, 6.45) is 1.73. The highest BCUT2D eigenvalue weighted by Gasteiger charge is 2.70. The minimum absolute atomic E-state index is 0.0202. The first-order chi connectivity index (χ1) is 8.60. The smallest absolute Gasteiger partial charge is 0.338 e. The predicted octanol–water partition coefficient (Wildman–Crippen LogP) is 1.94. The normalized spacial score (nSPS) is 39.2. The fourth-order valence-corrected chi connectivity index (χ4v) is 4.14. The second-order valence-corrected chi connectivity index (χ2v) is 6.91. The molecule has 2 aliphatic rings. The van der Waals surface area contributed by atoms with E-state index in [1.165, 1.54) is 6.92 Å². The van der Waals surface area contributed by atoms with Crippen LogP contribution < -0.4 is 0 Å². The molecular formula is C15H24O4.